The molecule has 6 nitrogen and oxygen atoms in total. The van der Waals surface area contributed by atoms with Crippen LogP contribution in [0.25, 0.3) is 0 Å². The maximum atomic E-state index is 14.0. The maximum absolute atomic E-state index is 14.0. The van der Waals surface area contributed by atoms with E-state index < -0.39 is 17.4 Å². The zero-order chi connectivity index (χ0) is 24.2. The second-order valence-electron chi connectivity index (χ2n) is 9.44. The summed E-state index contributed by atoms with van der Waals surface area (Å²) in [5.74, 6) is -1.19. The first-order valence-corrected chi connectivity index (χ1v) is 12.1. The molecule has 2 aromatic rings. The lowest BCUT2D eigenvalue weighted by Crippen LogP contribution is -2.64. The molecule has 34 heavy (non-hydrogen) atoms. The van der Waals surface area contributed by atoms with Crippen LogP contribution in [0, 0.1) is 0 Å². The zero-order valence-electron chi connectivity index (χ0n) is 18.7. The lowest BCUT2D eigenvalue weighted by Gasteiger charge is -2.51. The Hall–Kier alpha value is -2.83. The summed E-state index contributed by atoms with van der Waals surface area (Å²) in [6.07, 6.45) is 1.94. The minimum absolute atomic E-state index is 0.0519. The number of hydrogen-bond donors (Lipinski definition) is 2. The van der Waals surface area contributed by atoms with Gasteiger partial charge in [-0.05, 0) is 55.2 Å². The molecule has 2 fully saturated rings. The number of carbonyl (C=O) groups is 3. The van der Waals surface area contributed by atoms with Gasteiger partial charge in [-0.25, -0.2) is 0 Å². The van der Waals surface area contributed by atoms with E-state index in [0.717, 1.165) is 24.0 Å². The number of halogens is 2. The SMILES string of the molecule is C=C(C)[C@H]1N(CC(=O)NC2CC2)C(=O)C[C@@H](c2cccc(Cl)c2)[C@]12C(=O)Nc1cc(Cl)ccc12. The molecule has 0 unspecified atom stereocenters. The Kier molecular flexibility index (Phi) is 5.69. The molecule has 2 N–H and O–H groups in total. The number of likely N-dealkylation sites (tertiary alicyclic amines) is 1. The molecule has 0 aromatic heterocycles. The molecule has 3 amide bonds. The van der Waals surface area contributed by atoms with E-state index in [-0.39, 0.29) is 36.7 Å². The van der Waals surface area contributed by atoms with Crippen molar-refractivity contribution >= 4 is 46.6 Å². The number of carbonyl (C=O) groups excluding carboxylic acids is 3. The normalized spacial score (nSPS) is 25.8. The Morgan fingerprint density at radius 2 is 1.91 bits per heavy atom. The molecule has 5 rings (SSSR count). The number of benzene rings is 2. The predicted octanol–water partition coefficient (Wildman–Crippen LogP) is 4.42. The number of anilines is 1. The van der Waals surface area contributed by atoms with E-state index in [1.54, 1.807) is 31.2 Å². The molecular weight excluding hydrogens is 473 g/mol. The van der Waals surface area contributed by atoms with Crippen molar-refractivity contribution in [1.82, 2.24) is 10.2 Å². The van der Waals surface area contributed by atoms with Gasteiger partial charge in [0.05, 0.1) is 6.04 Å². The Bertz CT molecular complexity index is 1230. The molecule has 3 atom stereocenters. The standard InChI is InChI=1S/C26H25Cl2N3O3/c1-14(2)24-26(19-9-6-17(28)11-21(19)30-25(26)34)20(15-4-3-5-16(27)10-15)12-23(33)31(24)13-22(32)29-18-7-8-18/h3-6,9-11,18,20,24H,1,7-8,12-13H2,2H3,(H,29,32)(H,30,34)/t20-,24+,26-/m0/s1. The van der Waals surface area contributed by atoms with E-state index in [4.69, 9.17) is 23.2 Å². The van der Waals surface area contributed by atoms with Crippen LogP contribution in [0.4, 0.5) is 5.69 Å². The van der Waals surface area contributed by atoms with E-state index in [2.05, 4.69) is 17.2 Å². The van der Waals surface area contributed by atoms with Gasteiger partial charge in [-0.15, -0.1) is 0 Å². The third kappa shape index (κ3) is 3.69. The predicted molar refractivity (Wildman–Crippen MR) is 132 cm³/mol. The fraction of sp³-hybridized carbons (Fsp3) is 0.346. The van der Waals surface area contributed by atoms with Crippen molar-refractivity contribution in [1.29, 1.82) is 0 Å². The van der Waals surface area contributed by atoms with Crippen molar-refractivity contribution in [2.75, 3.05) is 11.9 Å². The van der Waals surface area contributed by atoms with Crippen LogP contribution < -0.4 is 10.6 Å². The quantitative estimate of drug-likeness (QED) is 0.600. The molecule has 2 aromatic carbocycles. The highest BCUT2D eigenvalue weighted by atomic mass is 35.5. The van der Waals surface area contributed by atoms with E-state index in [9.17, 15) is 14.4 Å². The minimum atomic E-state index is -1.19. The van der Waals surface area contributed by atoms with Gasteiger partial charge in [0, 0.05) is 34.1 Å². The minimum Gasteiger partial charge on any atom is -0.352 e. The average molecular weight is 498 g/mol. The number of hydrogen-bond acceptors (Lipinski definition) is 3. The summed E-state index contributed by atoms with van der Waals surface area (Å²) in [4.78, 5) is 41.8. The van der Waals surface area contributed by atoms with Gasteiger partial charge in [-0.3, -0.25) is 14.4 Å². The summed E-state index contributed by atoms with van der Waals surface area (Å²) in [7, 11) is 0. The molecule has 0 bridgehead atoms. The van der Waals surface area contributed by atoms with Crippen LogP contribution >= 0.6 is 23.2 Å². The van der Waals surface area contributed by atoms with E-state index in [1.165, 1.54) is 4.90 Å². The van der Waals surface area contributed by atoms with Gasteiger partial charge in [-0.2, -0.15) is 0 Å². The zero-order valence-corrected chi connectivity index (χ0v) is 20.2. The second kappa shape index (κ2) is 8.43. The largest absolute Gasteiger partial charge is 0.352 e. The lowest BCUT2D eigenvalue weighted by molar-refractivity contribution is -0.147. The summed E-state index contributed by atoms with van der Waals surface area (Å²) in [5.41, 5.74) is 1.56. The van der Waals surface area contributed by atoms with Gasteiger partial charge in [0.15, 0.2) is 0 Å². The molecule has 2 heterocycles. The fourth-order valence-corrected chi connectivity index (χ4v) is 5.94. The molecular formula is C26H25Cl2N3O3. The summed E-state index contributed by atoms with van der Waals surface area (Å²) in [6, 6.07) is 12.0. The Morgan fingerprint density at radius 3 is 2.59 bits per heavy atom. The van der Waals surface area contributed by atoms with Gasteiger partial charge in [0.25, 0.3) is 0 Å². The summed E-state index contributed by atoms with van der Waals surface area (Å²) in [6.45, 7) is 5.84. The Balaban J connectivity index is 1.69. The molecule has 0 radical (unpaired) electrons. The first-order valence-electron chi connectivity index (χ1n) is 11.3. The Labute approximate surface area is 208 Å². The molecule has 176 valence electrons. The van der Waals surface area contributed by atoms with Crippen molar-refractivity contribution in [3.63, 3.8) is 0 Å². The third-order valence-electron chi connectivity index (χ3n) is 7.02. The number of nitrogens with one attached hydrogen (secondary N) is 2. The van der Waals surface area contributed by atoms with Crippen molar-refractivity contribution in [2.24, 2.45) is 0 Å². The van der Waals surface area contributed by atoms with Gasteiger partial charge >= 0.3 is 0 Å². The number of rotatable bonds is 5. The monoisotopic (exact) mass is 497 g/mol. The number of amides is 3. The molecule has 3 aliphatic rings. The highest BCUT2D eigenvalue weighted by Gasteiger charge is 2.63. The van der Waals surface area contributed by atoms with E-state index in [1.807, 2.05) is 18.2 Å². The van der Waals surface area contributed by atoms with Crippen molar-refractivity contribution < 1.29 is 14.4 Å². The second-order valence-corrected chi connectivity index (χ2v) is 10.3. The topological polar surface area (TPSA) is 78.5 Å². The first kappa shape index (κ1) is 22.9. The van der Waals surface area contributed by atoms with Crippen molar-refractivity contribution in [3.8, 4) is 0 Å². The summed E-state index contributed by atoms with van der Waals surface area (Å²) >= 11 is 12.6. The average Bonchev–Trinajstić information content (AvgIpc) is 3.53. The first-order chi connectivity index (χ1) is 16.2. The maximum Gasteiger partial charge on any atom is 0.239 e. The fourth-order valence-electron chi connectivity index (χ4n) is 5.57. The number of piperidine rings is 1. The Morgan fingerprint density at radius 1 is 1.18 bits per heavy atom. The molecule has 1 saturated carbocycles. The van der Waals surface area contributed by atoms with Gasteiger partial charge in [-0.1, -0.05) is 53.6 Å². The van der Waals surface area contributed by atoms with Crippen LogP contribution in [0.1, 0.15) is 43.2 Å². The van der Waals surface area contributed by atoms with Gasteiger partial charge in [0.2, 0.25) is 17.7 Å². The van der Waals surface area contributed by atoms with Gasteiger partial charge in [0.1, 0.15) is 12.0 Å². The summed E-state index contributed by atoms with van der Waals surface area (Å²) < 4.78 is 0. The van der Waals surface area contributed by atoms with Crippen LogP contribution in [0.3, 0.4) is 0 Å². The number of nitrogens with zero attached hydrogens (tertiary/aromatic N) is 1. The summed E-state index contributed by atoms with van der Waals surface area (Å²) in [5, 5.41) is 6.96. The molecule has 2 aliphatic heterocycles. The van der Waals surface area contributed by atoms with E-state index in [0.29, 0.717) is 21.3 Å². The number of fused-ring (bicyclic) bond motifs is 2. The van der Waals surface area contributed by atoms with Crippen LogP contribution in [0.2, 0.25) is 10.0 Å². The van der Waals surface area contributed by atoms with Crippen molar-refractivity contribution in [3.05, 3.63) is 75.8 Å². The van der Waals surface area contributed by atoms with E-state index >= 15 is 0 Å². The highest BCUT2D eigenvalue weighted by Crippen LogP contribution is 2.56. The van der Waals surface area contributed by atoms with Crippen LogP contribution in [0.15, 0.2) is 54.6 Å². The van der Waals surface area contributed by atoms with Crippen molar-refractivity contribution in [2.45, 2.75) is 49.6 Å². The van der Waals surface area contributed by atoms with Crippen LogP contribution in [-0.4, -0.2) is 41.2 Å². The molecule has 1 saturated heterocycles. The van der Waals surface area contributed by atoms with Gasteiger partial charge < -0.3 is 15.5 Å². The molecule has 1 aliphatic carbocycles. The van der Waals surface area contributed by atoms with Crippen LogP contribution in [-0.2, 0) is 19.8 Å². The third-order valence-corrected chi connectivity index (χ3v) is 7.49. The molecule has 1 spiro atoms. The van der Waals surface area contributed by atoms with Crippen LogP contribution in [0.5, 0.6) is 0 Å². The highest BCUT2D eigenvalue weighted by molar-refractivity contribution is 6.31. The molecule has 8 heteroatoms. The smallest absolute Gasteiger partial charge is 0.239 e. The lowest BCUT2D eigenvalue weighted by atomic mass is 9.58.